The monoisotopic (exact) mass is 413 g/mol. The fraction of sp³-hybridized carbons (Fsp3) is 0.190. The molecule has 3 aromatic rings. The minimum absolute atomic E-state index is 0.168. The summed E-state index contributed by atoms with van der Waals surface area (Å²) in [6, 6.07) is 12.9. The normalized spacial score (nSPS) is 10.4. The lowest BCUT2D eigenvalue weighted by Crippen LogP contribution is -2.16. The first-order valence-corrected chi connectivity index (χ1v) is 9.51. The van der Waals surface area contributed by atoms with Gasteiger partial charge in [-0.3, -0.25) is 0 Å². The molecule has 8 heteroatoms. The van der Waals surface area contributed by atoms with E-state index in [1.165, 1.54) is 6.07 Å². The van der Waals surface area contributed by atoms with Crippen molar-refractivity contribution in [3.05, 3.63) is 64.3 Å². The Hall–Kier alpha value is -3.44. The number of para-hydroxylation sites is 1. The highest BCUT2D eigenvalue weighted by atomic mass is 32.1. The number of nitriles is 1. The van der Waals surface area contributed by atoms with Gasteiger partial charge in [-0.15, -0.1) is 11.3 Å². The van der Waals surface area contributed by atoms with Crippen molar-refractivity contribution in [1.82, 2.24) is 0 Å². The lowest BCUT2D eigenvalue weighted by Gasteiger charge is -2.09. The summed E-state index contributed by atoms with van der Waals surface area (Å²) >= 11 is 1.08. The second-order valence-corrected chi connectivity index (χ2v) is 6.85. The predicted molar refractivity (Wildman–Crippen MR) is 104 cm³/mol. The average molecular weight is 413 g/mol. The van der Waals surface area contributed by atoms with Crippen LogP contribution in [-0.4, -0.2) is 25.2 Å². The Kier molecular flexibility index (Phi) is 6.42. The van der Waals surface area contributed by atoms with Gasteiger partial charge < -0.3 is 14.2 Å². The number of esters is 2. The van der Waals surface area contributed by atoms with Gasteiger partial charge in [0.1, 0.15) is 29.1 Å². The van der Waals surface area contributed by atoms with Crippen molar-refractivity contribution < 1.29 is 28.2 Å². The van der Waals surface area contributed by atoms with Crippen LogP contribution >= 0.6 is 11.3 Å². The van der Waals surface area contributed by atoms with Crippen molar-refractivity contribution >= 4 is 33.4 Å². The van der Waals surface area contributed by atoms with Gasteiger partial charge in [-0.1, -0.05) is 18.2 Å². The molecule has 6 nitrogen and oxygen atoms in total. The Morgan fingerprint density at radius 3 is 2.69 bits per heavy atom. The van der Waals surface area contributed by atoms with Crippen molar-refractivity contribution in [2.24, 2.45) is 0 Å². The first-order valence-electron chi connectivity index (χ1n) is 8.69. The lowest BCUT2D eigenvalue weighted by molar-refractivity contribution is -0.147. The smallest absolute Gasteiger partial charge is 0.348 e. The summed E-state index contributed by atoms with van der Waals surface area (Å²) in [7, 11) is 0. The van der Waals surface area contributed by atoms with E-state index in [0.29, 0.717) is 4.70 Å². The molecule has 0 saturated heterocycles. The van der Waals surface area contributed by atoms with E-state index in [0.717, 1.165) is 11.3 Å². The standard InChI is InChI=1S/C21H16FNO5S/c1-2-26-21(25)20-14(19-15(22)7-5-9-17(19)29-20)11-28-18(24)12-27-16-8-4-3-6-13(16)10-23/h3-9H,2,11-12H2,1H3. The van der Waals surface area contributed by atoms with E-state index < -0.39 is 24.4 Å². The van der Waals surface area contributed by atoms with Gasteiger partial charge in [0.05, 0.1) is 12.2 Å². The number of ether oxygens (including phenoxy) is 3. The number of hydrogen-bond donors (Lipinski definition) is 0. The molecule has 148 valence electrons. The van der Waals surface area contributed by atoms with Crippen molar-refractivity contribution in [3.8, 4) is 11.8 Å². The third-order valence-corrected chi connectivity index (χ3v) is 5.13. The zero-order chi connectivity index (χ0) is 20.8. The number of halogens is 1. The van der Waals surface area contributed by atoms with Crippen LogP contribution in [0.4, 0.5) is 4.39 Å². The van der Waals surface area contributed by atoms with Crippen LogP contribution in [0.15, 0.2) is 42.5 Å². The van der Waals surface area contributed by atoms with E-state index >= 15 is 0 Å². The number of carbonyl (C=O) groups excluding carboxylic acids is 2. The summed E-state index contributed by atoms with van der Waals surface area (Å²) in [6.07, 6.45) is 0. The van der Waals surface area contributed by atoms with Gasteiger partial charge in [-0.25, -0.2) is 14.0 Å². The van der Waals surface area contributed by atoms with E-state index in [1.807, 2.05) is 6.07 Å². The van der Waals surface area contributed by atoms with Crippen LogP contribution in [0.1, 0.15) is 27.7 Å². The molecule has 1 heterocycles. The summed E-state index contributed by atoms with van der Waals surface area (Å²) in [4.78, 5) is 24.5. The minimum Gasteiger partial charge on any atom is -0.481 e. The molecular weight excluding hydrogens is 397 g/mol. The molecule has 0 aliphatic carbocycles. The third-order valence-electron chi connectivity index (χ3n) is 3.95. The Morgan fingerprint density at radius 2 is 1.93 bits per heavy atom. The molecule has 3 rings (SSSR count). The molecule has 1 aromatic heterocycles. The molecule has 0 bridgehead atoms. The number of benzene rings is 2. The average Bonchev–Trinajstić information content (AvgIpc) is 3.11. The lowest BCUT2D eigenvalue weighted by atomic mass is 10.1. The van der Waals surface area contributed by atoms with Crippen molar-refractivity contribution in [2.75, 3.05) is 13.2 Å². The number of thiophene rings is 1. The van der Waals surface area contributed by atoms with Crippen LogP contribution < -0.4 is 4.74 Å². The van der Waals surface area contributed by atoms with Crippen molar-refractivity contribution in [1.29, 1.82) is 5.26 Å². The van der Waals surface area contributed by atoms with Crippen LogP contribution in [0.3, 0.4) is 0 Å². The van der Waals surface area contributed by atoms with Crippen LogP contribution in [0.2, 0.25) is 0 Å². The number of nitrogens with zero attached hydrogens (tertiary/aromatic N) is 1. The molecule has 0 saturated carbocycles. The molecule has 0 fully saturated rings. The number of hydrogen-bond acceptors (Lipinski definition) is 7. The zero-order valence-electron chi connectivity index (χ0n) is 15.4. The molecule has 0 atom stereocenters. The highest BCUT2D eigenvalue weighted by molar-refractivity contribution is 7.21. The Balaban J connectivity index is 1.75. The second-order valence-electron chi connectivity index (χ2n) is 5.80. The van der Waals surface area contributed by atoms with E-state index in [-0.39, 0.29) is 40.4 Å². The summed E-state index contributed by atoms with van der Waals surface area (Å²) in [6.45, 7) is 1.10. The number of rotatable bonds is 7. The minimum atomic E-state index is -0.719. The molecule has 0 radical (unpaired) electrons. The molecule has 0 aliphatic heterocycles. The van der Waals surface area contributed by atoms with Gasteiger partial charge in [0, 0.05) is 15.6 Å². The SMILES string of the molecule is CCOC(=O)c1sc2cccc(F)c2c1COC(=O)COc1ccccc1C#N. The molecule has 0 unspecified atom stereocenters. The fourth-order valence-corrected chi connectivity index (χ4v) is 3.80. The predicted octanol–water partition coefficient (Wildman–Crippen LogP) is 4.21. The number of carbonyl (C=O) groups is 2. The maximum Gasteiger partial charge on any atom is 0.348 e. The molecule has 29 heavy (non-hydrogen) atoms. The van der Waals surface area contributed by atoms with Crippen LogP contribution in [-0.2, 0) is 20.9 Å². The summed E-state index contributed by atoms with van der Waals surface area (Å²) in [5, 5.41) is 9.27. The number of fused-ring (bicyclic) bond motifs is 1. The Bertz CT molecular complexity index is 1100. The topological polar surface area (TPSA) is 85.6 Å². The maximum atomic E-state index is 14.3. The van der Waals surface area contributed by atoms with Gasteiger partial charge in [-0.05, 0) is 31.2 Å². The fourth-order valence-electron chi connectivity index (χ4n) is 2.68. The van der Waals surface area contributed by atoms with E-state index in [2.05, 4.69) is 0 Å². The Morgan fingerprint density at radius 1 is 1.14 bits per heavy atom. The van der Waals surface area contributed by atoms with Gasteiger partial charge in [0.25, 0.3) is 0 Å². The quantitative estimate of drug-likeness (QED) is 0.540. The summed E-state index contributed by atoms with van der Waals surface area (Å²) in [5.74, 6) is -1.58. The summed E-state index contributed by atoms with van der Waals surface area (Å²) in [5.41, 5.74) is 0.545. The van der Waals surface area contributed by atoms with E-state index in [9.17, 15) is 14.0 Å². The van der Waals surface area contributed by atoms with Gasteiger partial charge in [-0.2, -0.15) is 5.26 Å². The van der Waals surface area contributed by atoms with Gasteiger partial charge in [0.15, 0.2) is 6.61 Å². The highest BCUT2D eigenvalue weighted by Crippen LogP contribution is 2.34. The molecule has 0 aliphatic rings. The molecule has 0 spiro atoms. The Labute approximate surface area is 170 Å². The summed E-state index contributed by atoms with van der Waals surface area (Å²) < 4.78 is 30.5. The van der Waals surface area contributed by atoms with Crippen molar-refractivity contribution in [2.45, 2.75) is 13.5 Å². The van der Waals surface area contributed by atoms with E-state index in [4.69, 9.17) is 19.5 Å². The van der Waals surface area contributed by atoms with Crippen LogP contribution in [0.25, 0.3) is 10.1 Å². The van der Waals surface area contributed by atoms with Crippen LogP contribution in [0, 0.1) is 17.1 Å². The first-order chi connectivity index (χ1) is 14.0. The van der Waals surface area contributed by atoms with E-state index in [1.54, 1.807) is 43.3 Å². The largest absolute Gasteiger partial charge is 0.481 e. The highest BCUT2D eigenvalue weighted by Gasteiger charge is 2.23. The molecule has 2 aromatic carbocycles. The molecular formula is C21H16FNO5S. The second kappa shape index (κ2) is 9.17. The third kappa shape index (κ3) is 4.52. The van der Waals surface area contributed by atoms with Crippen LogP contribution in [0.5, 0.6) is 5.75 Å². The van der Waals surface area contributed by atoms with Gasteiger partial charge in [0.2, 0.25) is 0 Å². The molecule has 0 amide bonds. The first kappa shape index (κ1) is 20.3. The van der Waals surface area contributed by atoms with Crippen molar-refractivity contribution in [3.63, 3.8) is 0 Å². The molecule has 0 N–H and O–H groups in total. The van der Waals surface area contributed by atoms with Gasteiger partial charge >= 0.3 is 11.9 Å². The maximum absolute atomic E-state index is 14.3. The zero-order valence-corrected chi connectivity index (χ0v) is 16.3.